The topological polar surface area (TPSA) is 231 Å². The third-order valence-electron chi connectivity index (χ3n) is 6.01. The molecule has 2 rings (SSSR count). The highest BCUT2D eigenvalue weighted by atomic mass is 32.2. The number of carboxylic acid groups (broad SMARTS) is 1. The Bertz CT molecular complexity index is 1170. The number of hydrogen-bond acceptors (Lipinski definition) is 7. The first-order chi connectivity index (χ1) is 18.5. The Labute approximate surface area is 231 Å². The SMILES string of the molecule is CSCCC(N)C(=O)NC(CCCN=C(N)N)C(=O)NC(C)C(=O)NC(Cc1c[nH]c2ccccc12)C(=O)O. The van der Waals surface area contributed by atoms with Crippen molar-refractivity contribution >= 4 is 52.3 Å². The summed E-state index contributed by atoms with van der Waals surface area (Å²) in [7, 11) is 0. The molecular weight excluding hydrogens is 524 g/mol. The fraction of sp³-hybridized carbons (Fsp3) is 0.480. The zero-order chi connectivity index (χ0) is 28.9. The van der Waals surface area contributed by atoms with E-state index in [1.54, 1.807) is 18.0 Å². The summed E-state index contributed by atoms with van der Waals surface area (Å²) >= 11 is 1.55. The number of aliphatic imine (C=N–C) groups is 1. The van der Waals surface area contributed by atoms with Crippen LogP contribution in [0.1, 0.15) is 31.7 Å². The molecule has 0 spiro atoms. The van der Waals surface area contributed by atoms with Crippen LogP contribution in [0.5, 0.6) is 0 Å². The number of fused-ring (bicyclic) bond motifs is 1. The number of nitrogens with one attached hydrogen (secondary N) is 4. The molecule has 2 aromatic rings. The van der Waals surface area contributed by atoms with Gasteiger partial charge in [-0.25, -0.2) is 4.79 Å². The van der Waals surface area contributed by atoms with Gasteiger partial charge < -0.3 is 43.2 Å². The fourth-order valence-corrected chi connectivity index (χ4v) is 4.31. The highest BCUT2D eigenvalue weighted by molar-refractivity contribution is 7.98. The zero-order valence-corrected chi connectivity index (χ0v) is 22.9. The molecule has 11 N–H and O–H groups in total. The number of carboxylic acids is 1. The molecule has 1 aromatic carbocycles. The van der Waals surface area contributed by atoms with Crippen LogP contribution in [0.25, 0.3) is 10.9 Å². The van der Waals surface area contributed by atoms with Crippen LogP contribution in [-0.4, -0.2) is 82.5 Å². The molecule has 0 fully saturated rings. The predicted octanol–water partition coefficient (Wildman–Crippen LogP) is -0.597. The van der Waals surface area contributed by atoms with Crippen molar-refractivity contribution in [2.24, 2.45) is 22.2 Å². The summed E-state index contributed by atoms with van der Waals surface area (Å²) in [4.78, 5) is 57.3. The van der Waals surface area contributed by atoms with Crippen LogP contribution in [0.4, 0.5) is 0 Å². The molecule has 214 valence electrons. The van der Waals surface area contributed by atoms with Crippen LogP contribution in [0.15, 0.2) is 35.5 Å². The molecule has 0 saturated heterocycles. The second-order valence-corrected chi connectivity index (χ2v) is 10.1. The Morgan fingerprint density at radius 2 is 1.72 bits per heavy atom. The maximum atomic E-state index is 13.0. The molecule has 0 bridgehead atoms. The van der Waals surface area contributed by atoms with Crippen molar-refractivity contribution in [1.82, 2.24) is 20.9 Å². The lowest BCUT2D eigenvalue weighted by atomic mass is 10.0. The lowest BCUT2D eigenvalue weighted by Gasteiger charge is -2.23. The number of aromatic amines is 1. The molecule has 4 atom stereocenters. The van der Waals surface area contributed by atoms with E-state index in [2.05, 4.69) is 25.9 Å². The Morgan fingerprint density at radius 3 is 2.38 bits per heavy atom. The molecule has 1 heterocycles. The number of aromatic nitrogens is 1. The highest BCUT2D eigenvalue weighted by Crippen LogP contribution is 2.19. The summed E-state index contributed by atoms with van der Waals surface area (Å²) in [6.07, 6.45) is 4.65. The van der Waals surface area contributed by atoms with Crippen LogP contribution >= 0.6 is 11.8 Å². The predicted molar refractivity (Wildman–Crippen MR) is 152 cm³/mol. The first-order valence-corrected chi connectivity index (χ1v) is 13.9. The van der Waals surface area contributed by atoms with Crippen molar-refractivity contribution in [2.75, 3.05) is 18.6 Å². The standard InChI is InChI=1S/C25H38N8O5S/c1-14(21(34)33-20(24(37)38)12-15-13-30-18-7-4-3-6-16(15)18)31-23(36)19(8-5-10-29-25(27)28)32-22(35)17(26)9-11-39-2/h3-4,6-7,13-14,17,19-20,30H,5,8-12,26H2,1-2H3,(H,31,36)(H,32,35)(H,33,34)(H,37,38)(H4,27,28,29). The minimum Gasteiger partial charge on any atom is -0.480 e. The van der Waals surface area contributed by atoms with E-state index in [9.17, 15) is 24.3 Å². The van der Waals surface area contributed by atoms with Gasteiger partial charge in [0.05, 0.1) is 6.04 Å². The minimum atomic E-state index is -1.22. The van der Waals surface area contributed by atoms with Gasteiger partial charge in [0.2, 0.25) is 17.7 Å². The van der Waals surface area contributed by atoms with Crippen LogP contribution in [0.2, 0.25) is 0 Å². The van der Waals surface area contributed by atoms with Gasteiger partial charge >= 0.3 is 5.97 Å². The van der Waals surface area contributed by atoms with Crippen molar-refractivity contribution in [3.8, 4) is 0 Å². The maximum absolute atomic E-state index is 13.0. The van der Waals surface area contributed by atoms with Gasteiger partial charge in [-0.15, -0.1) is 0 Å². The van der Waals surface area contributed by atoms with E-state index >= 15 is 0 Å². The quantitative estimate of drug-likeness (QED) is 0.0740. The summed E-state index contributed by atoms with van der Waals surface area (Å²) in [6, 6.07) is 3.33. The van der Waals surface area contributed by atoms with Gasteiger partial charge in [-0.05, 0) is 49.8 Å². The van der Waals surface area contributed by atoms with Crippen LogP contribution in [-0.2, 0) is 25.6 Å². The largest absolute Gasteiger partial charge is 0.480 e. The third kappa shape index (κ3) is 10.1. The van der Waals surface area contributed by atoms with Crippen molar-refractivity contribution in [3.63, 3.8) is 0 Å². The lowest BCUT2D eigenvalue weighted by Crippen LogP contribution is -2.56. The number of thioether (sulfide) groups is 1. The van der Waals surface area contributed by atoms with Gasteiger partial charge in [0, 0.05) is 30.1 Å². The number of rotatable bonds is 16. The molecular formula is C25H38N8O5S. The number of nitrogens with zero attached hydrogens (tertiary/aromatic N) is 1. The van der Waals surface area contributed by atoms with Crippen LogP contribution in [0, 0.1) is 0 Å². The Morgan fingerprint density at radius 1 is 1.03 bits per heavy atom. The summed E-state index contributed by atoms with van der Waals surface area (Å²) in [6.45, 7) is 1.67. The molecule has 0 aliphatic rings. The Balaban J connectivity index is 2.04. The summed E-state index contributed by atoms with van der Waals surface area (Å²) < 4.78 is 0. The number of hydrogen-bond donors (Lipinski definition) is 8. The number of guanidine groups is 1. The van der Waals surface area contributed by atoms with Crippen molar-refractivity contribution < 1.29 is 24.3 Å². The number of H-pyrrole nitrogens is 1. The molecule has 13 nitrogen and oxygen atoms in total. The van der Waals surface area contributed by atoms with Crippen molar-refractivity contribution in [3.05, 3.63) is 36.0 Å². The Kier molecular flexibility index (Phi) is 12.6. The second-order valence-electron chi connectivity index (χ2n) is 9.09. The van der Waals surface area contributed by atoms with E-state index in [0.29, 0.717) is 18.6 Å². The van der Waals surface area contributed by atoms with Crippen molar-refractivity contribution in [1.29, 1.82) is 0 Å². The van der Waals surface area contributed by atoms with Gasteiger partial charge in [0.15, 0.2) is 5.96 Å². The number of benzene rings is 1. The summed E-state index contributed by atoms with van der Waals surface area (Å²) in [5, 5.41) is 18.3. The zero-order valence-electron chi connectivity index (χ0n) is 22.1. The third-order valence-corrected chi connectivity index (χ3v) is 6.66. The van der Waals surface area contributed by atoms with Gasteiger partial charge in [-0.3, -0.25) is 19.4 Å². The van der Waals surface area contributed by atoms with Crippen molar-refractivity contribution in [2.45, 2.75) is 56.8 Å². The second kappa shape index (κ2) is 15.6. The minimum absolute atomic E-state index is 0.0448. The molecule has 0 aliphatic heterocycles. The summed E-state index contributed by atoms with van der Waals surface area (Å²) in [5.74, 6) is -2.42. The molecule has 0 radical (unpaired) electrons. The monoisotopic (exact) mass is 562 g/mol. The lowest BCUT2D eigenvalue weighted by molar-refractivity contribution is -0.142. The molecule has 4 unspecified atom stereocenters. The average Bonchev–Trinajstić information content (AvgIpc) is 3.30. The molecule has 3 amide bonds. The number of carbonyl (C=O) groups is 4. The van der Waals surface area contributed by atoms with Gasteiger partial charge in [0.1, 0.15) is 18.1 Å². The van der Waals surface area contributed by atoms with Gasteiger partial charge in [-0.2, -0.15) is 11.8 Å². The molecule has 14 heteroatoms. The molecule has 0 aliphatic carbocycles. The van der Waals surface area contributed by atoms with E-state index in [1.165, 1.54) is 6.92 Å². The van der Waals surface area contributed by atoms with E-state index in [-0.39, 0.29) is 25.3 Å². The number of para-hydroxylation sites is 1. The number of carbonyl (C=O) groups excluding carboxylic acids is 3. The first kappa shape index (κ1) is 31.4. The maximum Gasteiger partial charge on any atom is 0.326 e. The molecule has 0 saturated carbocycles. The molecule has 39 heavy (non-hydrogen) atoms. The average molecular weight is 563 g/mol. The van der Waals surface area contributed by atoms with Crippen LogP contribution < -0.4 is 33.2 Å². The van der Waals surface area contributed by atoms with Gasteiger partial charge in [-0.1, -0.05) is 18.2 Å². The van der Waals surface area contributed by atoms with Gasteiger partial charge in [0.25, 0.3) is 0 Å². The number of amides is 3. The van der Waals surface area contributed by atoms with E-state index in [1.807, 2.05) is 30.5 Å². The Hall–Kier alpha value is -3.78. The fourth-order valence-electron chi connectivity index (χ4n) is 3.82. The van der Waals surface area contributed by atoms with Crippen LogP contribution in [0.3, 0.4) is 0 Å². The van der Waals surface area contributed by atoms with E-state index in [0.717, 1.165) is 16.5 Å². The highest BCUT2D eigenvalue weighted by Gasteiger charge is 2.28. The number of aliphatic carboxylic acids is 1. The van der Waals surface area contributed by atoms with E-state index in [4.69, 9.17) is 17.2 Å². The first-order valence-electron chi connectivity index (χ1n) is 12.5. The smallest absolute Gasteiger partial charge is 0.326 e. The molecule has 1 aromatic heterocycles. The summed E-state index contributed by atoms with van der Waals surface area (Å²) in [5.41, 5.74) is 18.2. The normalized spacial score (nSPS) is 14.0. The van der Waals surface area contributed by atoms with E-state index < -0.39 is 47.9 Å². The number of nitrogens with two attached hydrogens (primary N) is 3.